The Morgan fingerprint density at radius 1 is 0.929 bits per heavy atom. The van der Waals surface area contributed by atoms with E-state index >= 15 is 0 Å². The first kappa shape index (κ1) is 20.8. The standard InChI is InChI=1S/C21H22O7/c1-5-10-27-18-9-6-14(11-20(18)26-4)21(23)28-13-17(22)16-8-7-15(24-2)12-19(16)25-3/h5-9,11-12H,1,10,13H2,2-4H3. The zero-order valence-corrected chi connectivity index (χ0v) is 16.0. The number of esters is 1. The molecule has 0 spiro atoms. The summed E-state index contributed by atoms with van der Waals surface area (Å²) in [6.07, 6.45) is 1.60. The molecule has 148 valence electrons. The zero-order chi connectivity index (χ0) is 20.5. The predicted molar refractivity (Wildman–Crippen MR) is 103 cm³/mol. The van der Waals surface area contributed by atoms with E-state index in [4.69, 9.17) is 23.7 Å². The highest BCUT2D eigenvalue weighted by atomic mass is 16.5. The fraction of sp³-hybridized carbons (Fsp3) is 0.238. The average molecular weight is 386 g/mol. The molecule has 0 aliphatic carbocycles. The van der Waals surface area contributed by atoms with Crippen LogP contribution in [0.3, 0.4) is 0 Å². The molecule has 0 bridgehead atoms. The summed E-state index contributed by atoms with van der Waals surface area (Å²) in [7, 11) is 4.42. The van der Waals surface area contributed by atoms with E-state index in [9.17, 15) is 9.59 Å². The van der Waals surface area contributed by atoms with Crippen molar-refractivity contribution in [3.8, 4) is 23.0 Å². The van der Waals surface area contributed by atoms with E-state index in [0.29, 0.717) is 35.2 Å². The van der Waals surface area contributed by atoms with Gasteiger partial charge in [-0.3, -0.25) is 4.79 Å². The topological polar surface area (TPSA) is 80.3 Å². The van der Waals surface area contributed by atoms with Gasteiger partial charge in [0.1, 0.15) is 18.1 Å². The lowest BCUT2D eigenvalue weighted by Gasteiger charge is -2.12. The SMILES string of the molecule is C=CCOc1ccc(C(=O)OCC(=O)c2ccc(OC)cc2OC)cc1OC. The molecule has 0 unspecified atom stereocenters. The second-order valence-electron chi connectivity index (χ2n) is 5.53. The van der Waals surface area contributed by atoms with Gasteiger partial charge in [-0.05, 0) is 30.3 Å². The van der Waals surface area contributed by atoms with Crippen molar-refractivity contribution in [1.82, 2.24) is 0 Å². The van der Waals surface area contributed by atoms with Gasteiger partial charge in [-0.1, -0.05) is 12.7 Å². The fourth-order valence-electron chi connectivity index (χ4n) is 2.38. The van der Waals surface area contributed by atoms with Gasteiger partial charge in [0.2, 0.25) is 5.78 Å². The van der Waals surface area contributed by atoms with Gasteiger partial charge in [0.15, 0.2) is 18.1 Å². The van der Waals surface area contributed by atoms with Gasteiger partial charge in [-0.15, -0.1) is 0 Å². The highest BCUT2D eigenvalue weighted by molar-refractivity contribution is 6.01. The smallest absolute Gasteiger partial charge is 0.338 e. The van der Waals surface area contributed by atoms with Crippen molar-refractivity contribution < 1.29 is 33.3 Å². The highest BCUT2D eigenvalue weighted by Crippen LogP contribution is 2.29. The van der Waals surface area contributed by atoms with Crippen LogP contribution in [0.25, 0.3) is 0 Å². The van der Waals surface area contributed by atoms with E-state index in [2.05, 4.69) is 6.58 Å². The molecule has 2 aromatic rings. The first-order chi connectivity index (χ1) is 13.5. The van der Waals surface area contributed by atoms with Crippen molar-refractivity contribution in [2.24, 2.45) is 0 Å². The first-order valence-electron chi connectivity index (χ1n) is 8.38. The Hall–Kier alpha value is -3.48. The number of hydrogen-bond acceptors (Lipinski definition) is 7. The molecular weight excluding hydrogens is 364 g/mol. The second kappa shape index (κ2) is 10.0. The quantitative estimate of drug-likeness (QED) is 0.352. The van der Waals surface area contributed by atoms with E-state index in [-0.39, 0.29) is 5.56 Å². The van der Waals surface area contributed by atoms with Crippen molar-refractivity contribution >= 4 is 11.8 Å². The number of methoxy groups -OCH3 is 3. The van der Waals surface area contributed by atoms with E-state index < -0.39 is 18.4 Å². The van der Waals surface area contributed by atoms with E-state index in [1.807, 2.05) is 0 Å². The third kappa shape index (κ3) is 5.03. The van der Waals surface area contributed by atoms with Crippen LogP contribution in [0.4, 0.5) is 0 Å². The number of carbonyl (C=O) groups is 2. The lowest BCUT2D eigenvalue weighted by atomic mass is 10.1. The largest absolute Gasteiger partial charge is 0.497 e. The van der Waals surface area contributed by atoms with Crippen molar-refractivity contribution in [3.63, 3.8) is 0 Å². The average Bonchev–Trinajstić information content (AvgIpc) is 2.74. The Balaban J connectivity index is 2.07. The lowest BCUT2D eigenvalue weighted by Crippen LogP contribution is -2.15. The second-order valence-corrected chi connectivity index (χ2v) is 5.53. The molecule has 2 aromatic carbocycles. The highest BCUT2D eigenvalue weighted by Gasteiger charge is 2.17. The number of Topliss-reactive ketones (excluding diaryl/α,β-unsaturated/α-hetero) is 1. The summed E-state index contributed by atoms with van der Waals surface area (Å²) in [4.78, 5) is 24.7. The molecule has 0 atom stereocenters. The summed E-state index contributed by atoms with van der Waals surface area (Å²) in [5.41, 5.74) is 0.527. The van der Waals surface area contributed by atoms with Crippen LogP contribution < -0.4 is 18.9 Å². The lowest BCUT2D eigenvalue weighted by molar-refractivity contribution is 0.0473. The van der Waals surface area contributed by atoms with Gasteiger partial charge in [0, 0.05) is 6.07 Å². The third-order valence-corrected chi connectivity index (χ3v) is 3.80. The Labute approximate surface area is 163 Å². The van der Waals surface area contributed by atoms with Gasteiger partial charge in [0.05, 0.1) is 32.5 Å². The van der Waals surface area contributed by atoms with E-state index in [1.54, 1.807) is 30.3 Å². The van der Waals surface area contributed by atoms with E-state index in [1.165, 1.54) is 33.5 Å². The molecule has 0 aromatic heterocycles. The summed E-state index contributed by atoms with van der Waals surface area (Å²) in [6.45, 7) is 3.45. The molecule has 0 saturated carbocycles. The Kier molecular flexibility index (Phi) is 7.45. The van der Waals surface area contributed by atoms with Crippen LogP contribution >= 0.6 is 0 Å². The van der Waals surface area contributed by atoms with Crippen LogP contribution in [0.5, 0.6) is 23.0 Å². The van der Waals surface area contributed by atoms with Crippen LogP contribution in [0.1, 0.15) is 20.7 Å². The van der Waals surface area contributed by atoms with Crippen molar-refractivity contribution in [3.05, 3.63) is 60.2 Å². The Morgan fingerprint density at radius 2 is 1.68 bits per heavy atom. The van der Waals surface area contributed by atoms with E-state index in [0.717, 1.165) is 0 Å². The molecule has 7 nitrogen and oxygen atoms in total. The van der Waals surface area contributed by atoms with Crippen LogP contribution in [-0.4, -0.2) is 46.3 Å². The molecule has 0 saturated heterocycles. The number of ketones is 1. The normalized spacial score (nSPS) is 9.96. The maximum absolute atomic E-state index is 12.4. The van der Waals surface area contributed by atoms with Crippen LogP contribution in [0.2, 0.25) is 0 Å². The monoisotopic (exact) mass is 386 g/mol. The Bertz CT molecular complexity index is 858. The molecule has 0 aliphatic rings. The maximum Gasteiger partial charge on any atom is 0.338 e. The van der Waals surface area contributed by atoms with Crippen molar-refractivity contribution in [2.45, 2.75) is 0 Å². The van der Waals surface area contributed by atoms with Crippen LogP contribution in [0.15, 0.2) is 49.1 Å². The molecule has 2 rings (SSSR count). The minimum Gasteiger partial charge on any atom is -0.497 e. The molecule has 0 amide bonds. The predicted octanol–water partition coefficient (Wildman–Crippen LogP) is 3.32. The zero-order valence-electron chi connectivity index (χ0n) is 16.0. The summed E-state index contributed by atoms with van der Waals surface area (Å²) in [5, 5.41) is 0. The van der Waals surface area contributed by atoms with Gasteiger partial charge in [-0.2, -0.15) is 0 Å². The first-order valence-corrected chi connectivity index (χ1v) is 8.38. The molecule has 0 heterocycles. The van der Waals surface area contributed by atoms with Crippen molar-refractivity contribution in [1.29, 1.82) is 0 Å². The molecule has 0 N–H and O–H groups in total. The Morgan fingerprint density at radius 3 is 2.32 bits per heavy atom. The van der Waals surface area contributed by atoms with Gasteiger partial charge in [-0.25, -0.2) is 4.79 Å². The van der Waals surface area contributed by atoms with Crippen LogP contribution in [0, 0.1) is 0 Å². The van der Waals surface area contributed by atoms with Gasteiger partial charge < -0.3 is 23.7 Å². The molecule has 0 fully saturated rings. The fourth-order valence-corrected chi connectivity index (χ4v) is 2.38. The number of carbonyl (C=O) groups excluding carboxylic acids is 2. The number of ether oxygens (including phenoxy) is 5. The molecule has 28 heavy (non-hydrogen) atoms. The van der Waals surface area contributed by atoms with Gasteiger partial charge in [0.25, 0.3) is 0 Å². The molecule has 0 radical (unpaired) electrons. The maximum atomic E-state index is 12.4. The number of rotatable bonds is 10. The number of hydrogen-bond donors (Lipinski definition) is 0. The third-order valence-electron chi connectivity index (χ3n) is 3.80. The summed E-state index contributed by atoms with van der Waals surface area (Å²) >= 11 is 0. The molecular formula is C21H22O7. The molecule has 7 heteroatoms. The molecule has 0 aliphatic heterocycles. The van der Waals surface area contributed by atoms with Gasteiger partial charge >= 0.3 is 5.97 Å². The van der Waals surface area contributed by atoms with Crippen LogP contribution in [-0.2, 0) is 4.74 Å². The summed E-state index contributed by atoms with van der Waals surface area (Å²) < 4.78 is 26.1. The summed E-state index contributed by atoms with van der Waals surface area (Å²) in [5.74, 6) is 0.680. The minimum atomic E-state index is -0.658. The number of benzene rings is 2. The minimum absolute atomic E-state index is 0.234. The summed E-state index contributed by atoms with van der Waals surface area (Å²) in [6, 6.07) is 9.38. The van der Waals surface area contributed by atoms with Crippen molar-refractivity contribution in [2.75, 3.05) is 34.5 Å².